The van der Waals surface area contributed by atoms with Gasteiger partial charge in [-0.1, -0.05) is 13.0 Å². The van der Waals surface area contributed by atoms with Gasteiger partial charge in [0.15, 0.2) is 0 Å². The van der Waals surface area contributed by atoms with E-state index in [1.807, 2.05) is 18.4 Å². The SMILES string of the molecule is CCCNC(=O)CCNC(=O)c1cccc(S(=O)(=O)N2CCc3sccc3C2)c1. The Balaban J connectivity index is 1.64. The van der Waals surface area contributed by atoms with E-state index in [4.69, 9.17) is 0 Å². The van der Waals surface area contributed by atoms with Gasteiger partial charge in [0.25, 0.3) is 5.91 Å². The van der Waals surface area contributed by atoms with E-state index in [1.54, 1.807) is 23.5 Å². The normalized spacial score (nSPS) is 14.2. The average Bonchev–Trinajstić information content (AvgIpc) is 3.20. The van der Waals surface area contributed by atoms with Crippen molar-refractivity contribution in [2.75, 3.05) is 19.6 Å². The molecule has 29 heavy (non-hydrogen) atoms. The Bertz CT molecular complexity index is 985. The maximum atomic E-state index is 13.0. The second-order valence-electron chi connectivity index (χ2n) is 6.84. The lowest BCUT2D eigenvalue weighted by Gasteiger charge is -2.26. The molecule has 7 nitrogen and oxygen atoms in total. The van der Waals surface area contributed by atoms with Crippen molar-refractivity contribution in [3.8, 4) is 0 Å². The van der Waals surface area contributed by atoms with Gasteiger partial charge >= 0.3 is 0 Å². The van der Waals surface area contributed by atoms with Crippen LogP contribution < -0.4 is 10.6 Å². The molecular weight excluding hydrogens is 410 g/mol. The number of carbonyl (C=O) groups is 2. The Morgan fingerprint density at radius 3 is 2.79 bits per heavy atom. The van der Waals surface area contributed by atoms with E-state index in [2.05, 4.69) is 10.6 Å². The van der Waals surface area contributed by atoms with Crippen LogP contribution in [0.25, 0.3) is 0 Å². The van der Waals surface area contributed by atoms with Crippen molar-refractivity contribution >= 4 is 33.2 Å². The Labute approximate surface area is 175 Å². The lowest BCUT2D eigenvalue weighted by Crippen LogP contribution is -2.35. The van der Waals surface area contributed by atoms with Crippen LogP contribution in [0.2, 0.25) is 0 Å². The Morgan fingerprint density at radius 2 is 2.00 bits per heavy atom. The van der Waals surface area contributed by atoms with Crippen LogP contribution in [0.15, 0.2) is 40.6 Å². The van der Waals surface area contributed by atoms with Crippen molar-refractivity contribution < 1.29 is 18.0 Å². The highest BCUT2D eigenvalue weighted by Crippen LogP contribution is 2.28. The highest BCUT2D eigenvalue weighted by Gasteiger charge is 2.29. The second-order valence-corrected chi connectivity index (χ2v) is 9.78. The molecule has 1 aromatic carbocycles. The predicted molar refractivity (Wildman–Crippen MR) is 112 cm³/mol. The monoisotopic (exact) mass is 435 g/mol. The molecule has 1 aliphatic rings. The van der Waals surface area contributed by atoms with Crippen LogP contribution >= 0.6 is 11.3 Å². The number of thiophene rings is 1. The fourth-order valence-corrected chi connectivity index (χ4v) is 5.47. The van der Waals surface area contributed by atoms with Crippen molar-refractivity contribution in [1.82, 2.24) is 14.9 Å². The maximum absolute atomic E-state index is 13.0. The summed E-state index contributed by atoms with van der Waals surface area (Å²) >= 11 is 1.65. The number of nitrogens with one attached hydrogen (secondary N) is 2. The number of carbonyl (C=O) groups excluding carboxylic acids is 2. The molecule has 2 aromatic rings. The molecule has 0 fully saturated rings. The predicted octanol–water partition coefficient (Wildman–Crippen LogP) is 2.14. The summed E-state index contributed by atoms with van der Waals surface area (Å²) in [6, 6.07) is 8.00. The summed E-state index contributed by atoms with van der Waals surface area (Å²) in [6.07, 6.45) is 1.73. The van der Waals surface area contributed by atoms with Gasteiger partial charge in [-0.3, -0.25) is 9.59 Å². The lowest BCUT2D eigenvalue weighted by molar-refractivity contribution is -0.120. The molecular formula is C20H25N3O4S2. The van der Waals surface area contributed by atoms with Crippen LogP contribution in [0, 0.1) is 0 Å². The summed E-state index contributed by atoms with van der Waals surface area (Å²) in [6.45, 7) is 3.55. The van der Waals surface area contributed by atoms with Crippen molar-refractivity contribution in [3.05, 3.63) is 51.7 Å². The molecule has 3 rings (SSSR count). The third kappa shape index (κ3) is 5.23. The minimum atomic E-state index is -3.69. The van der Waals surface area contributed by atoms with Gasteiger partial charge in [0.2, 0.25) is 15.9 Å². The molecule has 0 spiro atoms. The third-order valence-corrected chi connectivity index (χ3v) is 7.58. The lowest BCUT2D eigenvalue weighted by atomic mass is 10.1. The average molecular weight is 436 g/mol. The van der Waals surface area contributed by atoms with Gasteiger partial charge in [0, 0.05) is 43.0 Å². The first-order valence-electron chi connectivity index (χ1n) is 9.62. The van der Waals surface area contributed by atoms with Crippen LogP contribution in [0.4, 0.5) is 0 Å². The van der Waals surface area contributed by atoms with Crippen LogP contribution in [-0.4, -0.2) is 44.2 Å². The van der Waals surface area contributed by atoms with E-state index in [9.17, 15) is 18.0 Å². The minimum Gasteiger partial charge on any atom is -0.356 e. The molecule has 0 saturated carbocycles. The van der Waals surface area contributed by atoms with Gasteiger partial charge in [-0.25, -0.2) is 8.42 Å². The highest BCUT2D eigenvalue weighted by molar-refractivity contribution is 7.89. The maximum Gasteiger partial charge on any atom is 0.251 e. The number of rotatable bonds is 8. The summed E-state index contributed by atoms with van der Waals surface area (Å²) in [5, 5.41) is 7.39. The standard InChI is InChI=1S/C20H25N3O4S2/c1-2-9-21-19(24)6-10-22-20(25)15-4-3-5-17(13-15)29(26,27)23-11-7-18-16(14-23)8-12-28-18/h3-5,8,12-13H,2,6-7,9-11,14H2,1H3,(H,21,24)(H,22,25). The molecule has 0 saturated heterocycles. The molecule has 0 radical (unpaired) electrons. The van der Waals surface area contributed by atoms with E-state index in [0.717, 1.165) is 12.0 Å². The molecule has 0 unspecified atom stereocenters. The Morgan fingerprint density at radius 1 is 1.17 bits per heavy atom. The van der Waals surface area contributed by atoms with E-state index in [1.165, 1.54) is 21.3 Å². The van der Waals surface area contributed by atoms with E-state index < -0.39 is 15.9 Å². The number of amides is 2. The zero-order chi connectivity index (χ0) is 20.9. The zero-order valence-corrected chi connectivity index (χ0v) is 17.9. The van der Waals surface area contributed by atoms with Gasteiger partial charge in [-0.05, 0) is 48.1 Å². The largest absolute Gasteiger partial charge is 0.356 e. The molecule has 0 bridgehead atoms. The van der Waals surface area contributed by atoms with Gasteiger partial charge in [-0.2, -0.15) is 4.31 Å². The van der Waals surface area contributed by atoms with Gasteiger partial charge < -0.3 is 10.6 Å². The fourth-order valence-electron chi connectivity index (χ4n) is 3.12. The number of fused-ring (bicyclic) bond motifs is 1. The molecule has 0 atom stereocenters. The van der Waals surface area contributed by atoms with Gasteiger partial charge in [-0.15, -0.1) is 11.3 Å². The fraction of sp³-hybridized carbons (Fsp3) is 0.400. The van der Waals surface area contributed by atoms with E-state index in [-0.39, 0.29) is 29.3 Å². The van der Waals surface area contributed by atoms with Crippen LogP contribution in [-0.2, 0) is 27.8 Å². The quantitative estimate of drug-likeness (QED) is 0.664. The Kier molecular flexibility index (Phi) is 7.05. The minimum absolute atomic E-state index is 0.101. The number of sulfonamides is 1. The smallest absolute Gasteiger partial charge is 0.251 e. The molecule has 9 heteroatoms. The molecule has 2 amide bonds. The van der Waals surface area contributed by atoms with Crippen molar-refractivity contribution in [1.29, 1.82) is 0 Å². The number of hydrogen-bond donors (Lipinski definition) is 2. The molecule has 2 heterocycles. The summed E-state index contributed by atoms with van der Waals surface area (Å²) in [7, 11) is -3.69. The molecule has 1 aromatic heterocycles. The van der Waals surface area contributed by atoms with Gasteiger partial charge in [0.1, 0.15) is 0 Å². The van der Waals surface area contributed by atoms with Crippen molar-refractivity contribution in [2.45, 2.75) is 37.6 Å². The molecule has 1 aliphatic heterocycles. The summed E-state index contributed by atoms with van der Waals surface area (Å²) < 4.78 is 27.5. The summed E-state index contributed by atoms with van der Waals surface area (Å²) in [5.74, 6) is -0.523. The third-order valence-electron chi connectivity index (χ3n) is 4.72. The second kappa shape index (κ2) is 9.51. The molecule has 156 valence electrons. The number of nitrogens with zero attached hydrogens (tertiary/aromatic N) is 1. The summed E-state index contributed by atoms with van der Waals surface area (Å²) in [4.78, 5) is 25.3. The number of hydrogen-bond acceptors (Lipinski definition) is 5. The number of benzene rings is 1. The van der Waals surface area contributed by atoms with Crippen LogP contribution in [0.1, 0.15) is 40.6 Å². The Hall–Kier alpha value is -2.23. The molecule has 2 N–H and O–H groups in total. The first kappa shape index (κ1) is 21.5. The first-order valence-corrected chi connectivity index (χ1v) is 11.9. The molecule has 0 aliphatic carbocycles. The van der Waals surface area contributed by atoms with Crippen molar-refractivity contribution in [2.24, 2.45) is 0 Å². The van der Waals surface area contributed by atoms with E-state index in [0.29, 0.717) is 26.1 Å². The topological polar surface area (TPSA) is 95.6 Å². The van der Waals surface area contributed by atoms with Crippen LogP contribution in [0.5, 0.6) is 0 Å². The van der Waals surface area contributed by atoms with E-state index >= 15 is 0 Å². The first-order chi connectivity index (χ1) is 13.9. The van der Waals surface area contributed by atoms with Crippen molar-refractivity contribution in [3.63, 3.8) is 0 Å². The summed E-state index contributed by atoms with van der Waals surface area (Å²) in [5.41, 5.74) is 1.30. The van der Waals surface area contributed by atoms with Crippen LogP contribution in [0.3, 0.4) is 0 Å². The zero-order valence-electron chi connectivity index (χ0n) is 16.3. The highest BCUT2D eigenvalue weighted by atomic mass is 32.2. The van der Waals surface area contributed by atoms with Gasteiger partial charge in [0.05, 0.1) is 4.90 Å².